The molecule has 1 saturated heterocycles. The Morgan fingerprint density at radius 1 is 1.00 bits per heavy atom. The Bertz CT molecular complexity index is 706. The normalized spacial score (nSPS) is 35.0. The van der Waals surface area contributed by atoms with Crippen molar-refractivity contribution in [2.75, 3.05) is 24.7 Å². The van der Waals surface area contributed by atoms with Crippen molar-refractivity contribution < 1.29 is 19.1 Å². The standard InChI is InChI=1S/C22H32O4S2/c1-5-25-17(23)22(18(24)26-6-2)14-20-13-21(27-10-7-11-28-21)12-19(20,4)9-8-16(20)15(22)3/h5-14H2,1-4H3/t19-,20?/m1/s1. The van der Waals surface area contributed by atoms with Crippen LogP contribution in [0.25, 0.3) is 0 Å². The minimum Gasteiger partial charge on any atom is -0.465 e. The van der Waals surface area contributed by atoms with Gasteiger partial charge in [-0.1, -0.05) is 12.5 Å². The van der Waals surface area contributed by atoms with Crippen molar-refractivity contribution in [3.63, 3.8) is 0 Å². The highest BCUT2D eigenvalue weighted by molar-refractivity contribution is 8.18. The molecule has 0 amide bonds. The highest BCUT2D eigenvalue weighted by atomic mass is 32.2. The number of allylic oxidation sites excluding steroid dienone is 1. The minimum absolute atomic E-state index is 0.0755. The van der Waals surface area contributed by atoms with Gasteiger partial charge >= 0.3 is 11.9 Å². The lowest BCUT2D eigenvalue weighted by Crippen LogP contribution is -2.44. The number of ether oxygens (including phenoxy) is 2. The number of hydrogen-bond donors (Lipinski definition) is 0. The molecule has 2 spiro atoms. The summed E-state index contributed by atoms with van der Waals surface area (Å²) < 4.78 is 11.2. The van der Waals surface area contributed by atoms with E-state index in [1.54, 1.807) is 13.8 Å². The molecule has 3 fully saturated rings. The fraction of sp³-hybridized carbons (Fsp3) is 0.818. The number of rotatable bonds is 4. The molecule has 28 heavy (non-hydrogen) atoms. The van der Waals surface area contributed by atoms with Crippen LogP contribution in [0.1, 0.15) is 66.2 Å². The molecule has 0 radical (unpaired) electrons. The highest BCUT2D eigenvalue weighted by Crippen LogP contribution is 2.79. The summed E-state index contributed by atoms with van der Waals surface area (Å²) in [5.41, 5.74) is 1.10. The van der Waals surface area contributed by atoms with E-state index in [0.717, 1.165) is 24.8 Å². The molecule has 0 N–H and O–H groups in total. The molecule has 156 valence electrons. The quantitative estimate of drug-likeness (QED) is 0.361. The number of carbonyl (C=O) groups is 2. The third-order valence-electron chi connectivity index (χ3n) is 7.82. The zero-order valence-corrected chi connectivity index (χ0v) is 19.2. The van der Waals surface area contributed by atoms with Gasteiger partial charge in [0.25, 0.3) is 0 Å². The summed E-state index contributed by atoms with van der Waals surface area (Å²) in [6.07, 6.45) is 6.21. The molecular formula is C22H32O4S2. The van der Waals surface area contributed by atoms with Crippen molar-refractivity contribution in [3.8, 4) is 0 Å². The molecule has 6 heteroatoms. The van der Waals surface area contributed by atoms with Gasteiger partial charge in [-0.2, -0.15) is 0 Å². The van der Waals surface area contributed by atoms with Crippen LogP contribution in [0, 0.1) is 16.2 Å². The zero-order valence-electron chi connectivity index (χ0n) is 17.5. The Balaban J connectivity index is 1.80. The van der Waals surface area contributed by atoms with Gasteiger partial charge in [-0.25, -0.2) is 0 Å². The molecule has 4 nitrogen and oxygen atoms in total. The molecule has 3 aliphatic carbocycles. The maximum absolute atomic E-state index is 13.2. The molecule has 1 aliphatic heterocycles. The average Bonchev–Trinajstić information content (AvgIpc) is 3.14. The fourth-order valence-corrected chi connectivity index (χ4v) is 10.4. The molecule has 0 bridgehead atoms. The van der Waals surface area contributed by atoms with Gasteiger partial charge in [-0.15, -0.1) is 23.5 Å². The molecule has 4 aliphatic rings. The molecule has 2 atom stereocenters. The van der Waals surface area contributed by atoms with Gasteiger partial charge in [-0.3, -0.25) is 9.59 Å². The first-order valence-electron chi connectivity index (χ1n) is 10.6. The van der Waals surface area contributed by atoms with Gasteiger partial charge < -0.3 is 9.47 Å². The maximum Gasteiger partial charge on any atom is 0.327 e. The van der Waals surface area contributed by atoms with Crippen LogP contribution >= 0.6 is 23.5 Å². The smallest absolute Gasteiger partial charge is 0.327 e. The lowest BCUT2D eigenvalue weighted by atomic mass is 9.64. The van der Waals surface area contributed by atoms with E-state index in [9.17, 15) is 9.59 Å². The Kier molecular flexibility index (Phi) is 5.14. The van der Waals surface area contributed by atoms with E-state index in [4.69, 9.17) is 9.47 Å². The molecule has 0 aromatic rings. The first-order chi connectivity index (χ1) is 13.3. The number of hydrogen-bond acceptors (Lipinski definition) is 6. The predicted molar refractivity (Wildman–Crippen MR) is 114 cm³/mol. The van der Waals surface area contributed by atoms with Crippen LogP contribution in [0.3, 0.4) is 0 Å². The predicted octanol–water partition coefficient (Wildman–Crippen LogP) is 4.97. The summed E-state index contributed by atoms with van der Waals surface area (Å²) >= 11 is 4.24. The summed E-state index contributed by atoms with van der Waals surface area (Å²) in [4.78, 5) is 26.4. The second-order valence-corrected chi connectivity index (χ2v) is 12.3. The van der Waals surface area contributed by atoms with Crippen LogP contribution in [0.2, 0.25) is 0 Å². The minimum atomic E-state index is -1.25. The second kappa shape index (κ2) is 6.97. The Morgan fingerprint density at radius 2 is 1.61 bits per heavy atom. The summed E-state index contributed by atoms with van der Waals surface area (Å²) in [5, 5.41) is 0. The van der Waals surface area contributed by atoms with E-state index in [1.165, 1.54) is 29.9 Å². The third kappa shape index (κ3) is 2.59. The molecule has 0 aromatic carbocycles. The molecule has 4 rings (SSSR count). The van der Waals surface area contributed by atoms with Crippen molar-refractivity contribution in [2.24, 2.45) is 16.2 Å². The summed E-state index contributed by atoms with van der Waals surface area (Å²) in [7, 11) is 0. The average molecular weight is 425 g/mol. The van der Waals surface area contributed by atoms with Gasteiger partial charge in [0.05, 0.1) is 17.3 Å². The number of thioether (sulfide) groups is 2. The van der Waals surface area contributed by atoms with Crippen LogP contribution in [-0.2, 0) is 19.1 Å². The van der Waals surface area contributed by atoms with E-state index in [0.29, 0.717) is 6.42 Å². The molecular weight excluding hydrogens is 392 g/mol. The molecule has 2 saturated carbocycles. The summed E-state index contributed by atoms with van der Waals surface area (Å²) in [6.45, 7) is 8.57. The van der Waals surface area contributed by atoms with E-state index < -0.39 is 17.4 Å². The summed E-state index contributed by atoms with van der Waals surface area (Å²) in [5.74, 6) is 1.62. The van der Waals surface area contributed by atoms with E-state index in [2.05, 4.69) is 30.4 Å². The lowest BCUT2D eigenvalue weighted by Gasteiger charge is -2.39. The van der Waals surface area contributed by atoms with Gasteiger partial charge in [0.2, 0.25) is 0 Å². The van der Waals surface area contributed by atoms with Crippen molar-refractivity contribution >= 4 is 35.5 Å². The van der Waals surface area contributed by atoms with Gasteiger partial charge in [0, 0.05) is 5.41 Å². The van der Waals surface area contributed by atoms with Crippen LogP contribution in [-0.4, -0.2) is 40.7 Å². The van der Waals surface area contributed by atoms with Crippen molar-refractivity contribution in [1.29, 1.82) is 0 Å². The van der Waals surface area contributed by atoms with Crippen molar-refractivity contribution in [3.05, 3.63) is 11.1 Å². The Hall–Kier alpha value is -0.620. The number of carbonyl (C=O) groups excluding carboxylic acids is 2. The van der Waals surface area contributed by atoms with Gasteiger partial charge in [-0.05, 0) is 81.8 Å². The van der Waals surface area contributed by atoms with Gasteiger partial charge in [0.15, 0.2) is 5.41 Å². The topological polar surface area (TPSA) is 52.6 Å². The maximum atomic E-state index is 13.2. The third-order valence-corrected chi connectivity index (χ3v) is 11.1. The van der Waals surface area contributed by atoms with E-state index in [1.807, 2.05) is 6.92 Å². The Morgan fingerprint density at radius 3 is 2.18 bits per heavy atom. The second-order valence-electron chi connectivity index (χ2n) is 9.08. The van der Waals surface area contributed by atoms with Crippen LogP contribution in [0.5, 0.6) is 0 Å². The SMILES string of the molecule is CCOC(=O)C1(C(=O)OCC)CC23CC4(C[C@@]2(C)CCC3=C1C)SCCCS4. The first-order valence-corrected chi connectivity index (χ1v) is 12.6. The Labute approximate surface area is 176 Å². The van der Waals surface area contributed by atoms with Crippen LogP contribution < -0.4 is 0 Å². The molecule has 1 unspecified atom stereocenters. The lowest BCUT2D eigenvalue weighted by molar-refractivity contribution is -0.170. The van der Waals surface area contributed by atoms with Crippen molar-refractivity contribution in [1.82, 2.24) is 0 Å². The molecule has 0 aromatic heterocycles. The molecule has 1 heterocycles. The number of esters is 2. The van der Waals surface area contributed by atoms with Crippen LogP contribution in [0.15, 0.2) is 11.1 Å². The van der Waals surface area contributed by atoms with Gasteiger partial charge in [0.1, 0.15) is 0 Å². The van der Waals surface area contributed by atoms with Crippen molar-refractivity contribution in [2.45, 2.75) is 70.3 Å². The highest BCUT2D eigenvalue weighted by Gasteiger charge is 2.73. The van der Waals surface area contributed by atoms with Crippen LogP contribution in [0.4, 0.5) is 0 Å². The summed E-state index contributed by atoms with van der Waals surface area (Å²) in [6, 6.07) is 0. The monoisotopic (exact) mass is 424 g/mol. The van der Waals surface area contributed by atoms with E-state index >= 15 is 0 Å². The largest absolute Gasteiger partial charge is 0.465 e. The fourth-order valence-electron chi connectivity index (χ4n) is 6.57. The zero-order chi connectivity index (χ0) is 20.2. The van der Waals surface area contributed by atoms with E-state index in [-0.39, 0.29) is 28.1 Å². The first kappa shape index (κ1) is 20.6.